The predicted molar refractivity (Wildman–Crippen MR) is 117 cm³/mol. The maximum Gasteiger partial charge on any atom is 0.416 e. The molecule has 0 bridgehead atoms. The Morgan fingerprint density at radius 2 is 1.71 bits per heavy atom. The summed E-state index contributed by atoms with van der Waals surface area (Å²) in [5.74, 6) is -2.27. The first-order valence-electron chi connectivity index (χ1n) is 9.18. The van der Waals surface area contributed by atoms with E-state index in [0.717, 1.165) is 33.9 Å². The van der Waals surface area contributed by atoms with Crippen LogP contribution in [0, 0.1) is 11.6 Å². The van der Waals surface area contributed by atoms with Gasteiger partial charge in [0, 0.05) is 32.8 Å². The maximum absolute atomic E-state index is 14.3. The lowest BCUT2D eigenvalue weighted by Crippen LogP contribution is -2.24. The van der Waals surface area contributed by atoms with E-state index >= 15 is 0 Å². The molecule has 5 aromatic rings. The number of aromatic amines is 1. The van der Waals surface area contributed by atoms with Gasteiger partial charge in [0.05, 0.1) is 16.9 Å². The van der Waals surface area contributed by atoms with E-state index in [4.69, 9.17) is 11.6 Å². The van der Waals surface area contributed by atoms with Gasteiger partial charge in [-0.05, 0) is 47.9 Å². The fourth-order valence-corrected chi connectivity index (χ4v) is 4.04. The van der Waals surface area contributed by atoms with Crippen molar-refractivity contribution in [2.24, 2.45) is 0 Å². The number of nitrogens with zero attached hydrogens (tertiary/aromatic N) is 1. The van der Waals surface area contributed by atoms with E-state index < -0.39 is 23.4 Å². The van der Waals surface area contributed by atoms with Crippen molar-refractivity contribution in [3.05, 3.63) is 77.3 Å². The average molecular weight is 439 g/mol. The lowest BCUT2D eigenvalue weighted by Gasteiger charge is -2.21. The van der Waals surface area contributed by atoms with Crippen LogP contribution in [0.25, 0.3) is 32.6 Å². The zero-order valence-corrected chi connectivity index (χ0v) is 16.4. The smallest absolute Gasteiger partial charge is 0.416 e. The number of carboxylic acid groups (broad SMARTS) is 1. The normalized spacial score (nSPS) is 11.5. The number of halogens is 3. The molecular weight excluding hydrogens is 426 g/mol. The number of phenols is 1. The Kier molecular flexibility index (Phi) is 4.23. The molecular formula is C23H13ClF2N2O3. The van der Waals surface area contributed by atoms with Crippen LogP contribution in [0.1, 0.15) is 0 Å². The molecule has 0 aliphatic heterocycles. The summed E-state index contributed by atoms with van der Waals surface area (Å²) < 4.78 is 27.6. The van der Waals surface area contributed by atoms with Crippen LogP contribution in [0.2, 0.25) is 5.02 Å². The van der Waals surface area contributed by atoms with Gasteiger partial charge in [-0.1, -0.05) is 23.7 Å². The minimum atomic E-state index is -1.53. The van der Waals surface area contributed by atoms with Gasteiger partial charge < -0.3 is 15.2 Å². The lowest BCUT2D eigenvalue weighted by molar-refractivity contribution is 0.204. The first kappa shape index (κ1) is 19.1. The molecule has 8 heteroatoms. The second-order valence-corrected chi connectivity index (χ2v) is 7.52. The number of hydrogen-bond donors (Lipinski definition) is 3. The van der Waals surface area contributed by atoms with E-state index in [2.05, 4.69) is 4.98 Å². The highest BCUT2D eigenvalue weighted by Gasteiger charge is 2.24. The van der Waals surface area contributed by atoms with Crippen molar-refractivity contribution in [2.75, 3.05) is 4.90 Å². The first-order valence-corrected chi connectivity index (χ1v) is 9.56. The minimum absolute atomic E-state index is 0.149. The third kappa shape index (κ3) is 3.02. The number of carbonyl (C=O) groups is 1. The fourth-order valence-electron chi connectivity index (χ4n) is 3.87. The molecule has 0 atom stereocenters. The van der Waals surface area contributed by atoms with E-state index in [9.17, 15) is 23.8 Å². The second kappa shape index (κ2) is 6.85. The third-order valence-electron chi connectivity index (χ3n) is 5.23. The number of aromatic hydroxyl groups is 1. The molecule has 4 aromatic carbocycles. The van der Waals surface area contributed by atoms with Gasteiger partial charge in [-0.2, -0.15) is 0 Å². The SMILES string of the molecule is O=C(O)N(c1cc2ccc3c4cc(Cl)ccc4[nH]c3c2cc1O)c1ccc(F)cc1F. The molecule has 0 aliphatic rings. The van der Waals surface area contributed by atoms with Gasteiger partial charge in [-0.3, -0.25) is 0 Å². The van der Waals surface area contributed by atoms with Crippen molar-refractivity contribution in [3.63, 3.8) is 0 Å². The Labute approximate surface area is 178 Å². The number of aromatic nitrogens is 1. The molecule has 0 aliphatic carbocycles. The van der Waals surface area contributed by atoms with Gasteiger partial charge >= 0.3 is 6.09 Å². The van der Waals surface area contributed by atoms with E-state index in [0.29, 0.717) is 26.8 Å². The Hall–Kier alpha value is -3.84. The summed E-state index contributed by atoms with van der Waals surface area (Å²) in [5, 5.41) is 24.0. The zero-order chi connectivity index (χ0) is 21.9. The Balaban J connectivity index is 1.76. The van der Waals surface area contributed by atoms with Gasteiger partial charge in [0.1, 0.15) is 17.4 Å². The van der Waals surface area contributed by atoms with Crippen molar-refractivity contribution in [3.8, 4) is 5.75 Å². The fraction of sp³-hybridized carbons (Fsp3) is 0. The average Bonchev–Trinajstić information content (AvgIpc) is 3.08. The van der Waals surface area contributed by atoms with Crippen molar-refractivity contribution in [1.29, 1.82) is 0 Å². The number of fused-ring (bicyclic) bond motifs is 5. The van der Waals surface area contributed by atoms with Crippen LogP contribution < -0.4 is 4.90 Å². The molecule has 0 fully saturated rings. The highest BCUT2D eigenvalue weighted by molar-refractivity contribution is 6.32. The number of nitrogens with one attached hydrogen (secondary N) is 1. The van der Waals surface area contributed by atoms with Crippen molar-refractivity contribution >= 4 is 61.6 Å². The standard InChI is InChI=1S/C23H13ClF2N2O3/c24-12-2-5-18-16(8-12)14-4-1-11-7-20(21(29)10-15(11)22(14)27-18)28(23(30)31)19-6-3-13(25)9-17(19)26/h1-10,27,29H,(H,30,31). The van der Waals surface area contributed by atoms with Gasteiger partial charge in [0.15, 0.2) is 0 Å². The van der Waals surface area contributed by atoms with Crippen LogP contribution in [0.4, 0.5) is 25.0 Å². The molecule has 5 rings (SSSR count). The van der Waals surface area contributed by atoms with Gasteiger partial charge in [-0.15, -0.1) is 0 Å². The number of H-pyrrole nitrogens is 1. The van der Waals surface area contributed by atoms with Crippen LogP contribution >= 0.6 is 11.6 Å². The number of hydrogen-bond acceptors (Lipinski definition) is 2. The summed E-state index contributed by atoms with van der Waals surface area (Å²) in [6, 6.07) is 14.5. The van der Waals surface area contributed by atoms with Crippen LogP contribution in [0.15, 0.2) is 60.7 Å². The Morgan fingerprint density at radius 1 is 0.903 bits per heavy atom. The van der Waals surface area contributed by atoms with E-state index in [-0.39, 0.29) is 11.4 Å². The molecule has 3 N–H and O–H groups in total. The van der Waals surface area contributed by atoms with Crippen molar-refractivity contribution < 1.29 is 23.8 Å². The molecule has 0 unspecified atom stereocenters. The van der Waals surface area contributed by atoms with E-state index in [1.165, 1.54) is 12.1 Å². The monoisotopic (exact) mass is 438 g/mol. The number of rotatable bonds is 2. The van der Waals surface area contributed by atoms with Crippen LogP contribution in [0.3, 0.4) is 0 Å². The molecule has 0 radical (unpaired) electrons. The summed E-state index contributed by atoms with van der Waals surface area (Å²) >= 11 is 6.12. The summed E-state index contributed by atoms with van der Waals surface area (Å²) in [6.45, 7) is 0. The molecule has 5 nitrogen and oxygen atoms in total. The Morgan fingerprint density at radius 3 is 2.45 bits per heavy atom. The maximum atomic E-state index is 14.3. The highest BCUT2D eigenvalue weighted by atomic mass is 35.5. The predicted octanol–water partition coefficient (Wildman–Crippen LogP) is 6.93. The zero-order valence-electron chi connectivity index (χ0n) is 15.7. The number of phenolic OH excluding ortho intramolecular Hbond substituents is 1. The molecule has 1 aromatic heterocycles. The largest absolute Gasteiger partial charge is 0.506 e. The third-order valence-corrected chi connectivity index (χ3v) is 5.46. The summed E-state index contributed by atoms with van der Waals surface area (Å²) in [4.78, 5) is 15.8. The second-order valence-electron chi connectivity index (χ2n) is 7.08. The molecule has 1 heterocycles. The van der Waals surface area contributed by atoms with Crippen LogP contribution in [0.5, 0.6) is 5.75 Å². The lowest BCUT2D eigenvalue weighted by atomic mass is 10.0. The first-order chi connectivity index (χ1) is 14.8. The quantitative estimate of drug-likeness (QED) is 0.280. The minimum Gasteiger partial charge on any atom is -0.506 e. The van der Waals surface area contributed by atoms with Crippen molar-refractivity contribution in [2.45, 2.75) is 0 Å². The van der Waals surface area contributed by atoms with Crippen LogP contribution in [-0.2, 0) is 0 Å². The Bertz CT molecular complexity index is 1530. The van der Waals surface area contributed by atoms with Gasteiger partial charge in [0.2, 0.25) is 0 Å². The highest BCUT2D eigenvalue weighted by Crippen LogP contribution is 2.41. The molecule has 154 valence electrons. The number of benzene rings is 4. The summed E-state index contributed by atoms with van der Waals surface area (Å²) in [7, 11) is 0. The summed E-state index contributed by atoms with van der Waals surface area (Å²) in [5.41, 5.74) is 1.05. The van der Waals surface area contributed by atoms with Gasteiger partial charge in [-0.25, -0.2) is 18.5 Å². The molecule has 0 spiro atoms. The van der Waals surface area contributed by atoms with Crippen LogP contribution in [-0.4, -0.2) is 21.3 Å². The molecule has 1 amide bonds. The van der Waals surface area contributed by atoms with E-state index in [1.807, 2.05) is 18.2 Å². The van der Waals surface area contributed by atoms with Crippen molar-refractivity contribution in [1.82, 2.24) is 4.98 Å². The molecule has 0 saturated heterocycles. The number of amides is 1. The van der Waals surface area contributed by atoms with E-state index in [1.54, 1.807) is 12.1 Å². The number of anilines is 2. The molecule has 31 heavy (non-hydrogen) atoms. The topological polar surface area (TPSA) is 76.6 Å². The summed E-state index contributed by atoms with van der Waals surface area (Å²) in [6.07, 6.45) is -1.53. The molecule has 0 saturated carbocycles. The van der Waals surface area contributed by atoms with Gasteiger partial charge in [0.25, 0.3) is 0 Å².